The van der Waals surface area contributed by atoms with Gasteiger partial charge in [-0.2, -0.15) is 0 Å². The minimum absolute atomic E-state index is 0.104. The number of carbonyl (C=O) groups is 2. The molecular formula is C29H24ClN3O2. The molecule has 174 valence electrons. The number of halogens is 1. The van der Waals surface area contributed by atoms with Crippen LogP contribution >= 0.6 is 11.6 Å². The average Bonchev–Trinajstić information content (AvgIpc) is 3.31. The molecule has 1 aromatic heterocycles. The van der Waals surface area contributed by atoms with E-state index in [9.17, 15) is 9.59 Å². The minimum Gasteiger partial charge on any atom is -0.331 e. The second-order valence-corrected chi connectivity index (χ2v) is 8.88. The first-order valence-corrected chi connectivity index (χ1v) is 11.9. The highest BCUT2D eigenvalue weighted by Gasteiger charge is 2.33. The molecule has 0 aliphatic carbocycles. The number of likely N-dealkylation sites (tertiary alicyclic amines) is 1. The van der Waals surface area contributed by atoms with Crippen LogP contribution in [0.5, 0.6) is 0 Å². The summed E-state index contributed by atoms with van der Waals surface area (Å²) in [5, 5.41) is 3.91. The number of rotatable bonds is 5. The number of anilines is 1. The Hall–Kier alpha value is -3.96. The monoisotopic (exact) mass is 481 g/mol. The zero-order chi connectivity index (χ0) is 24.2. The molecule has 1 saturated heterocycles. The van der Waals surface area contributed by atoms with Crippen LogP contribution in [0.15, 0.2) is 102 Å². The van der Waals surface area contributed by atoms with Crippen LogP contribution in [-0.2, 0) is 4.79 Å². The van der Waals surface area contributed by atoms with Crippen molar-refractivity contribution < 1.29 is 9.59 Å². The maximum Gasteiger partial charge on any atom is 0.254 e. The van der Waals surface area contributed by atoms with Crippen molar-refractivity contribution in [3.8, 4) is 11.1 Å². The molecule has 2 heterocycles. The average molecular weight is 482 g/mol. The molecule has 0 spiro atoms. The zero-order valence-electron chi connectivity index (χ0n) is 19.0. The largest absolute Gasteiger partial charge is 0.331 e. The van der Waals surface area contributed by atoms with Gasteiger partial charge >= 0.3 is 0 Å². The Bertz CT molecular complexity index is 1400. The van der Waals surface area contributed by atoms with Crippen LogP contribution in [0, 0.1) is 0 Å². The molecule has 0 radical (unpaired) electrons. The van der Waals surface area contributed by atoms with Crippen molar-refractivity contribution in [2.75, 3.05) is 11.9 Å². The number of pyridine rings is 1. The summed E-state index contributed by atoms with van der Waals surface area (Å²) >= 11 is 5.99. The van der Waals surface area contributed by atoms with Crippen molar-refractivity contribution >= 4 is 40.0 Å². The number of nitrogens with zero attached hydrogens (tertiary/aromatic N) is 2. The van der Waals surface area contributed by atoms with Crippen molar-refractivity contribution in [1.82, 2.24) is 9.88 Å². The second-order valence-electron chi connectivity index (χ2n) is 8.66. The summed E-state index contributed by atoms with van der Waals surface area (Å²) in [7, 11) is 0. The lowest BCUT2D eigenvalue weighted by Gasteiger charge is -2.24. The summed E-state index contributed by atoms with van der Waals surface area (Å²) in [6.07, 6.45) is 2.50. The number of benzene rings is 3. The SMILES string of the molecule is O=C(C[C@@H]1CC(=CCl)CN1C(=O)c1ccc(-c2ccccc2)cc1)Nc1ccc2ncccc2c1. The predicted octanol–water partition coefficient (Wildman–Crippen LogP) is 6.27. The molecule has 3 aromatic carbocycles. The predicted molar refractivity (Wildman–Crippen MR) is 140 cm³/mol. The fourth-order valence-corrected chi connectivity index (χ4v) is 4.66. The summed E-state index contributed by atoms with van der Waals surface area (Å²) in [5.41, 5.74) is 6.77. The van der Waals surface area contributed by atoms with E-state index in [-0.39, 0.29) is 24.3 Å². The zero-order valence-corrected chi connectivity index (χ0v) is 19.8. The summed E-state index contributed by atoms with van der Waals surface area (Å²) < 4.78 is 0. The van der Waals surface area contributed by atoms with E-state index in [1.165, 1.54) is 5.54 Å². The maximum atomic E-state index is 13.4. The van der Waals surface area contributed by atoms with E-state index in [2.05, 4.69) is 10.3 Å². The molecule has 35 heavy (non-hydrogen) atoms. The van der Waals surface area contributed by atoms with Gasteiger partial charge in [0, 0.05) is 47.4 Å². The van der Waals surface area contributed by atoms with E-state index in [4.69, 9.17) is 11.6 Å². The molecule has 0 unspecified atom stereocenters. The van der Waals surface area contributed by atoms with Gasteiger partial charge in [-0.05, 0) is 59.5 Å². The summed E-state index contributed by atoms with van der Waals surface area (Å²) in [5.74, 6) is -0.251. The van der Waals surface area contributed by atoms with Gasteiger partial charge in [0.15, 0.2) is 0 Å². The van der Waals surface area contributed by atoms with Gasteiger partial charge in [0.1, 0.15) is 0 Å². The van der Waals surface area contributed by atoms with Gasteiger partial charge in [-0.3, -0.25) is 14.6 Å². The van der Waals surface area contributed by atoms with Gasteiger partial charge in [0.2, 0.25) is 5.91 Å². The molecule has 1 N–H and O–H groups in total. The highest BCUT2D eigenvalue weighted by Crippen LogP contribution is 2.29. The third kappa shape index (κ3) is 5.10. The lowest BCUT2D eigenvalue weighted by atomic mass is 10.0. The van der Waals surface area contributed by atoms with E-state index in [1.54, 1.807) is 11.1 Å². The van der Waals surface area contributed by atoms with Gasteiger partial charge in [0.25, 0.3) is 5.91 Å². The molecule has 2 amide bonds. The standard InChI is InChI=1S/C29H24ClN3O2/c30-18-20-15-26(17-28(34)32-25-12-13-27-24(16-25)7-4-14-31-27)33(19-20)29(35)23-10-8-22(9-11-23)21-5-2-1-3-6-21/h1-14,16,18,26H,15,17,19H2,(H,32,34)/t26-/m0/s1. The van der Waals surface area contributed by atoms with E-state index in [0.29, 0.717) is 24.2 Å². The van der Waals surface area contributed by atoms with E-state index >= 15 is 0 Å². The smallest absolute Gasteiger partial charge is 0.254 e. The van der Waals surface area contributed by atoms with Crippen molar-refractivity contribution in [3.05, 3.63) is 108 Å². The Balaban J connectivity index is 1.29. The van der Waals surface area contributed by atoms with Crippen molar-refractivity contribution in [2.24, 2.45) is 0 Å². The Morgan fingerprint density at radius 3 is 2.51 bits per heavy atom. The van der Waals surface area contributed by atoms with Gasteiger partial charge in [-0.1, -0.05) is 60.1 Å². The number of hydrogen-bond donors (Lipinski definition) is 1. The van der Waals surface area contributed by atoms with Crippen molar-refractivity contribution in [1.29, 1.82) is 0 Å². The second kappa shape index (κ2) is 10.1. The minimum atomic E-state index is -0.261. The Kier molecular flexibility index (Phi) is 6.59. The van der Waals surface area contributed by atoms with Crippen LogP contribution in [-0.4, -0.2) is 34.3 Å². The van der Waals surface area contributed by atoms with Crippen LogP contribution in [0.4, 0.5) is 5.69 Å². The van der Waals surface area contributed by atoms with Gasteiger partial charge in [0.05, 0.1) is 5.52 Å². The number of aromatic nitrogens is 1. The first-order valence-electron chi connectivity index (χ1n) is 11.5. The summed E-state index contributed by atoms with van der Waals surface area (Å²) in [4.78, 5) is 32.3. The molecule has 4 aromatic rings. The number of fused-ring (bicyclic) bond motifs is 1. The van der Waals surface area contributed by atoms with Crippen LogP contribution in [0.3, 0.4) is 0 Å². The Morgan fingerprint density at radius 2 is 1.74 bits per heavy atom. The van der Waals surface area contributed by atoms with Crippen LogP contribution in [0.25, 0.3) is 22.0 Å². The van der Waals surface area contributed by atoms with Crippen LogP contribution in [0.2, 0.25) is 0 Å². The van der Waals surface area contributed by atoms with Crippen LogP contribution < -0.4 is 5.32 Å². The molecule has 1 aliphatic heterocycles. The van der Waals surface area contributed by atoms with Crippen molar-refractivity contribution in [3.63, 3.8) is 0 Å². The lowest BCUT2D eigenvalue weighted by molar-refractivity contribution is -0.117. The first-order chi connectivity index (χ1) is 17.1. The van der Waals surface area contributed by atoms with Gasteiger partial charge < -0.3 is 10.2 Å². The first kappa shape index (κ1) is 22.8. The fourth-order valence-electron chi connectivity index (χ4n) is 4.51. The third-order valence-corrected chi connectivity index (χ3v) is 6.58. The van der Waals surface area contributed by atoms with Crippen molar-refractivity contribution in [2.45, 2.75) is 18.9 Å². The van der Waals surface area contributed by atoms with Crippen LogP contribution in [0.1, 0.15) is 23.2 Å². The molecule has 1 aliphatic rings. The summed E-state index contributed by atoms with van der Waals surface area (Å²) in [6, 6.07) is 26.8. The molecule has 5 nitrogen and oxygen atoms in total. The molecule has 5 rings (SSSR count). The molecule has 6 heteroatoms. The quantitative estimate of drug-likeness (QED) is 0.365. The normalized spacial score (nSPS) is 16.5. The van der Waals surface area contributed by atoms with E-state index in [1.807, 2.05) is 84.9 Å². The topological polar surface area (TPSA) is 62.3 Å². The lowest BCUT2D eigenvalue weighted by Crippen LogP contribution is -2.37. The number of carbonyl (C=O) groups excluding carboxylic acids is 2. The number of hydrogen-bond acceptors (Lipinski definition) is 3. The Labute approximate surface area is 209 Å². The highest BCUT2D eigenvalue weighted by atomic mass is 35.5. The van der Waals surface area contributed by atoms with E-state index < -0.39 is 0 Å². The molecule has 1 atom stereocenters. The maximum absolute atomic E-state index is 13.4. The number of amides is 2. The van der Waals surface area contributed by atoms with E-state index in [0.717, 1.165) is 27.6 Å². The third-order valence-electron chi connectivity index (χ3n) is 6.27. The highest BCUT2D eigenvalue weighted by molar-refractivity contribution is 6.25. The molecular weight excluding hydrogens is 458 g/mol. The van der Waals surface area contributed by atoms with Gasteiger partial charge in [-0.25, -0.2) is 0 Å². The molecule has 0 saturated carbocycles. The summed E-state index contributed by atoms with van der Waals surface area (Å²) in [6.45, 7) is 0.419. The number of nitrogens with one attached hydrogen (secondary N) is 1. The molecule has 0 bridgehead atoms. The molecule has 1 fully saturated rings. The Morgan fingerprint density at radius 1 is 0.971 bits per heavy atom. The fraction of sp³-hybridized carbons (Fsp3) is 0.138. The van der Waals surface area contributed by atoms with Gasteiger partial charge in [-0.15, -0.1) is 0 Å².